The number of anilines is 2. The van der Waals surface area contributed by atoms with E-state index in [0.29, 0.717) is 24.3 Å². The van der Waals surface area contributed by atoms with E-state index in [9.17, 15) is 14.4 Å². The van der Waals surface area contributed by atoms with Crippen molar-refractivity contribution in [1.82, 2.24) is 15.6 Å². The largest absolute Gasteiger partial charge is 0.395 e. The van der Waals surface area contributed by atoms with Crippen LogP contribution in [0.1, 0.15) is 32.8 Å². The molecular weight excluding hydrogens is 434 g/mol. The number of para-hydroxylation sites is 1. The molecule has 1 aromatic heterocycles. The first-order valence-corrected chi connectivity index (χ1v) is 11.6. The van der Waals surface area contributed by atoms with Crippen molar-refractivity contribution in [2.24, 2.45) is 5.92 Å². The molecule has 34 heavy (non-hydrogen) atoms. The monoisotopic (exact) mass is 467 g/mol. The van der Waals surface area contributed by atoms with Crippen LogP contribution in [0.2, 0.25) is 0 Å². The minimum absolute atomic E-state index is 0.0925. The van der Waals surface area contributed by atoms with Gasteiger partial charge in [0.2, 0.25) is 11.8 Å². The summed E-state index contributed by atoms with van der Waals surface area (Å²) in [6.45, 7) is 5.73. The number of nitrogens with one attached hydrogen (secondary N) is 3. The maximum atomic E-state index is 13.8. The molecule has 0 bridgehead atoms. The molecule has 9 heteroatoms. The topological polar surface area (TPSA) is 124 Å². The summed E-state index contributed by atoms with van der Waals surface area (Å²) in [5.74, 6) is -0.814. The van der Waals surface area contributed by atoms with Crippen molar-refractivity contribution < 1.29 is 19.5 Å². The number of benzene rings is 1. The van der Waals surface area contributed by atoms with Crippen molar-refractivity contribution in [2.45, 2.75) is 51.7 Å². The molecule has 4 N–H and O–H groups in total. The molecule has 3 rings (SSSR count). The van der Waals surface area contributed by atoms with Crippen LogP contribution in [0.15, 0.2) is 48.7 Å². The van der Waals surface area contributed by atoms with Crippen molar-refractivity contribution in [1.29, 1.82) is 0 Å². The van der Waals surface area contributed by atoms with Crippen LogP contribution in [0.4, 0.5) is 11.5 Å². The standard InChI is InChI=1S/C25H33N5O4/c1-4-19(26-13-14-31)23(32)29-21(16(2)3)25(34)30-20(15-17-9-8-12-27-22(17)30)24(33)28-18-10-6-5-7-11-18/h5-12,16,19-21,26,31H,4,13-15H2,1-3H3,(H,28,33)(H,29,32)/t19-,20-,21-/m0/s1. The zero-order valence-corrected chi connectivity index (χ0v) is 19.8. The highest BCUT2D eigenvalue weighted by atomic mass is 16.3. The highest BCUT2D eigenvalue weighted by molar-refractivity contribution is 6.09. The number of aliphatic hydroxyl groups is 1. The first-order valence-electron chi connectivity index (χ1n) is 11.6. The van der Waals surface area contributed by atoms with E-state index in [1.807, 2.05) is 45.0 Å². The molecule has 0 aliphatic carbocycles. The van der Waals surface area contributed by atoms with Gasteiger partial charge in [-0.05, 0) is 36.1 Å². The van der Waals surface area contributed by atoms with Crippen LogP contribution in [0.5, 0.6) is 0 Å². The molecule has 0 radical (unpaired) electrons. The van der Waals surface area contributed by atoms with Crippen LogP contribution in [0.25, 0.3) is 0 Å². The lowest BCUT2D eigenvalue weighted by Crippen LogP contribution is -2.58. The van der Waals surface area contributed by atoms with Gasteiger partial charge in [-0.3, -0.25) is 19.3 Å². The van der Waals surface area contributed by atoms with Crippen molar-refractivity contribution in [3.8, 4) is 0 Å². The van der Waals surface area contributed by atoms with E-state index in [0.717, 1.165) is 5.56 Å². The highest BCUT2D eigenvalue weighted by Gasteiger charge is 2.43. The summed E-state index contributed by atoms with van der Waals surface area (Å²) < 4.78 is 0. The van der Waals surface area contributed by atoms with Crippen LogP contribution >= 0.6 is 0 Å². The molecule has 2 aromatic rings. The van der Waals surface area contributed by atoms with Gasteiger partial charge >= 0.3 is 0 Å². The predicted octanol–water partition coefficient (Wildman–Crippen LogP) is 1.48. The van der Waals surface area contributed by atoms with E-state index < -0.39 is 18.1 Å². The smallest absolute Gasteiger partial charge is 0.251 e. The third-order valence-electron chi connectivity index (χ3n) is 5.86. The zero-order valence-electron chi connectivity index (χ0n) is 19.8. The Morgan fingerprint density at radius 1 is 1.15 bits per heavy atom. The third kappa shape index (κ3) is 5.78. The highest BCUT2D eigenvalue weighted by Crippen LogP contribution is 2.32. The molecule has 9 nitrogen and oxygen atoms in total. The third-order valence-corrected chi connectivity index (χ3v) is 5.86. The fourth-order valence-corrected chi connectivity index (χ4v) is 4.05. The number of carbonyl (C=O) groups is 3. The number of nitrogens with zero attached hydrogens (tertiary/aromatic N) is 2. The quantitative estimate of drug-likeness (QED) is 0.420. The summed E-state index contributed by atoms with van der Waals surface area (Å²) in [6.07, 6.45) is 2.43. The molecule has 2 heterocycles. The summed E-state index contributed by atoms with van der Waals surface area (Å²) in [6, 6.07) is 10.5. The molecule has 0 saturated heterocycles. The fraction of sp³-hybridized carbons (Fsp3) is 0.440. The number of aliphatic hydroxyl groups excluding tert-OH is 1. The lowest BCUT2D eigenvalue weighted by Gasteiger charge is -2.31. The van der Waals surface area contributed by atoms with Gasteiger partial charge in [-0.15, -0.1) is 0 Å². The molecule has 0 spiro atoms. The van der Waals surface area contributed by atoms with E-state index in [-0.39, 0.29) is 36.8 Å². The molecule has 1 aliphatic rings. The van der Waals surface area contributed by atoms with Crippen molar-refractivity contribution in [2.75, 3.05) is 23.4 Å². The Morgan fingerprint density at radius 3 is 2.53 bits per heavy atom. The van der Waals surface area contributed by atoms with Gasteiger partial charge in [-0.25, -0.2) is 4.98 Å². The minimum Gasteiger partial charge on any atom is -0.395 e. The number of aromatic nitrogens is 1. The molecule has 3 atom stereocenters. The number of hydrogen-bond donors (Lipinski definition) is 4. The SMILES string of the molecule is CC[C@H](NCCO)C(=O)N[C@H](C(=O)N1c2ncccc2C[C@H]1C(=O)Nc1ccccc1)C(C)C. The Kier molecular flexibility index (Phi) is 8.72. The van der Waals surface area contributed by atoms with E-state index in [4.69, 9.17) is 5.11 Å². The minimum atomic E-state index is -0.850. The lowest BCUT2D eigenvalue weighted by molar-refractivity contribution is -0.130. The number of fused-ring (bicyclic) bond motifs is 1. The van der Waals surface area contributed by atoms with Gasteiger partial charge < -0.3 is 21.1 Å². The second kappa shape index (κ2) is 11.7. The van der Waals surface area contributed by atoms with Gasteiger partial charge in [0.15, 0.2) is 0 Å². The molecule has 3 amide bonds. The maximum Gasteiger partial charge on any atom is 0.251 e. The lowest BCUT2D eigenvalue weighted by atomic mass is 10.0. The number of rotatable bonds is 10. The molecule has 1 aromatic carbocycles. The Balaban J connectivity index is 1.86. The Labute approximate surface area is 199 Å². The molecule has 0 unspecified atom stereocenters. The van der Waals surface area contributed by atoms with Gasteiger partial charge in [0, 0.05) is 24.8 Å². The van der Waals surface area contributed by atoms with Gasteiger partial charge in [-0.1, -0.05) is 45.0 Å². The second-order valence-corrected chi connectivity index (χ2v) is 8.64. The first kappa shape index (κ1) is 25.3. The Morgan fingerprint density at radius 2 is 1.88 bits per heavy atom. The van der Waals surface area contributed by atoms with Crippen LogP contribution in [0.3, 0.4) is 0 Å². The first-order chi connectivity index (χ1) is 16.4. The summed E-state index contributed by atoms with van der Waals surface area (Å²) in [5, 5.41) is 17.8. The molecule has 0 fully saturated rings. The number of hydrogen-bond acceptors (Lipinski definition) is 6. The van der Waals surface area contributed by atoms with Gasteiger partial charge in [-0.2, -0.15) is 0 Å². The normalized spacial score (nSPS) is 16.6. The second-order valence-electron chi connectivity index (χ2n) is 8.64. The van der Waals surface area contributed by atoms with Crippen LogP contribution in [-0.4, -0.2) is 59.1 Å². The summed E-state index contributed by atoms with van der Waals surface area (Å²) in [4.78, 5) is 45.7. The Hall–Kier alpha value is -3.30. The summed E-state index contributed by atoms with van der Waals surface area (Å²) in [7, 11) is 0. The molecule has 182 valence electrons. The summed E-state index contributed by atoms with van der Waals surface area (Å²) in [5.41, 5.74) is 1.44. The molecular formula is C25H33N5O4. The van der Waals surface area contributed by atoms with Crippen LogP contribution in [-0.2, 0) is 20.8 Å². The van der Waals surface area contributed by atoms with Gasteiger partial charge in [0.25, 0.3) is 5.91 Å². The maximum absolute atomic E-state index is 13.8. The van der Waals surface area contributed by atoms with Crippen LogP contribution < -0.4 is 20.9 Å². The van der Waals surface area contributed by atoms with E-state index in [2.05, 4.69) is 20.9 Å². The fourth-order valence-electron chi connectivity index (χ4n) is 4.05. The predicted molar refractivity (Wildman–Crippen MR) is 130 cm³/mol. The number of carbonyl (C=O) groups excluding carboxylic acids is 3. The van der Waals surface area contributed by atoms with E-state index in [1.165, 1.54) is 4.90 Å². The number of amides is 3. The Bertz CT molecular complexity index is 998. The van der Waals surface area contributed by atoms with Crippen LogP contribution in [0, 0.1) is 5.92 Å². The van der Waals surface area contributed by atoms with Crippen molar-refractivity contribution >= 4 is 29.2 Å². The molecule has 0 saturated carbocycles. The number of pyridine rings is 1. The van der Waals surface area contributed by atoms with E-state index >= 15 is 0 Å². The summed E-state index contributed by atoms with van der Waals surface area (Å²) >= 11 is 0. The van der Waals surface area contributed by atoms with Crippen molar-refractivity contribution in [3.63, 3.8) is 0 Å². The van der Waals surface area contributed by atoms with Crippen molar-refractivity contribution in [3.05, 3.63) is 54.2 Å². The van der Waals surface area contributed by atoms with Gasteiger partial charge in [0.1, 0.15) is 17.9 Å². The average molecular weight is 468 g/mol. The molecule has 1 aliphatic heterocycles. The average Bonchev–Trinajstić information content (AvgIpc) is 3.23. The van der Waals surface area contributed by atoms with Gasteiger partial charge in [0.05, 0.1) is 12.6 Å². The zero-order chi connectivity index (χ0) is 24.7. The van der Waals surface area contributed by atoms with E-state index in [1.54, 1.807) is 24.4 Å².